The lowest BCUT2D eigenvalue weighted by Gasteiger charge is -2.27. The van der Waals surface area contributed by atoms with Gasteiger partial charge in [0.25, 0.3) is 5.91 Å². The number of hydrogen-bond donors (Lipinski definition) is 1. The lowest BCUT2D eigenvalue weighted by molar-refractivity contribution is -0.125. The van der Waals surface area contributed by atoms with Gasteiger partial charge in [0.1, 0.15) is 23.4 Å². The summed E-state index contributed by atoms with van der Waals surface area (Å²) in [5, 5.41) is 2.08. The molecular weight excluding hydrogens is 512 g/mol. The molecule has 11 heteroatoms. The monoisotopic (exact) mass is 537 g/mol. The quantitative estimate of drug-likeness (QED) is 0.537. The smallest absolute Gasteiger partial charge is 0.273 e. The Labute approximate surface area is 213 Å². The highest BCUT2D eigenvalue weighted by Gasteiger charge is 2.43. The number of aromatic nitrogens is 1. The Kier molecular flexibility index (Phi) is 6.53. The van der Waals surface area contributed by atoms with E-state index in [0.717, 1.165) is 25.0 Å². The lowest BCUT2D eigenvalue weighted by Crippen LogP contribution is -2.47. The molecule has 36 heavy (non-hydrogen) atoms. The molecule has 192 valence electrons. The van der Waals surface area contributed by atoms with Crippen LogP contribution in [0, 0.1) is 23.5 Å². The molecular formula is C25H26ClF2N3O4S. The Morgan fingerprint density at radius 3 is 2.53 bits per heavy atom. The third-order valence-electron chi connectivity index (χ3n) is 7.08. The third kappa shape index (κ3) is 4.85. The summed E-state index contributed by atoms with van der Waals surface area (Å²) >= 11 is 5.69. The summed E-state index contributed by atoms with van der Waals surface area (Å²) in [4.78, 5) is 32.3. The summed E-state index contributed by atoms with van der Waals surface area (Å²) in [7, 11) is -3.51. The maximum atomic E-state index is 14.7. The highest BCUT2D eigenvalue weighted by molar-refractivity contribution is 7.92. The zero-order valence-corrected chi connectivity index (χ0v) is 21.2. The number of rotatable bonds is 7. The summed E-state index contributed by atoms with van der Waals surface area (Å²) in [5.74, 6) is -2.53. The Morgan fingerprint density at radius 1 is 1.14 bits per heavy atom. The van der Waals surface area contributed by atoms with Crippen LogP contribution >= 0.6 is 11.6 Å². The van der Waals surface area contributed by atoms with E-state index in [9.17, 15) is 26.8 Å². The summed E-state index contributed by atoms with van der Waals surface area (Å²) in [6.07, 6.45) is 4.37. The van der Waals surface area contributed by atoms with Gasteiger partial charge in [0.15, 0.2) is 9.84 Å². The van der Waals surface area contributed by atoms with Crippen LogP contribution in [0.3, 0.4) is 0 Å². The Morgan fingerprint density at radius 2 is 1.86 bits per heavy atom. The second-order valence-corrected chi connectivity index (χ2v) is 12.7. The molecule has 3 fully saturated rings. The molecule has 0 bridgehead atoms. The molecule has 1 aromatic heterocycles. The fourth-order valence-electron chi connectivity index (χ4n) is 4.85. The summed E-state index contributed by atoms with van der Waals surface area (Å²) in [5.41, 5.74) is -0.0236. The van der Waals surface area contributed by atoms with Gasteiger partial charge in [0.05, 0.1) is 21.2 Å². The lowest BCUT2D eigenvalue weighted by atomic mass is 10.00. The maximum absolute atomic E-state index is 14.7. The molecule has 2 aromatic rings. The Balaban J connectivity index is 1.38. The zero-order chi connectivity index (χ0) is 25.8. The number of amides is 2. The van der Waals surface area contributed by atoms with E-state index in [4.69, 9.17) is 11.6 Å². The molecule has 0 unspecified atom stereocenters. The van der Waals surface area contributed by atoms with Crippen molar-refractivity contribution >= 4 is 33.3 Å². The largest absolute Gasteiger partial charge is 0.347 e. The highest BCUT2D eigenvalue weighted by Crippen LogP contribution is 2.43. The fraction of sp³-hybridized carbons (Fsp3) is 0.480. The molecule has 3 atom stereocenters. The normalized spacial score (nSPS) is 22.9. The number of benzene rings is 1. The van der Waals surface area contributed by atoms with Gasteiger partial charge in [0.2, 0.25) is 5.91 Å². The molecule has 7 nitrogen and oxygen atoms in total. The van der Waals surface area contributed by atoms with Gasteiger partial charge in [-0.3, -0.25) is 14.6 Å². The van der Waals surface area contributed by atoms with Crippen molar-refractivity contribution < 1.29 is 26.8 Å². The molecule has 2 saturated carbocycles. The van der Waals surface area contributed by atoms with Crippen LogP contribution in [0.25, 0.3) is 0 Å². The molecule has 1 saturated heterocycles. The molecule has 1 aromatic carbocycles. The molecule has 0 radical (unpaired) electrons. The van der Waals surface area contributed by atoms with Crippen molar-refractivity contribution in [1.82, 2.24) is 15.2 Å². The van der Waals surface area contributed by atoms with Crippen molar-refractivity contribution in [2.75, 3.05) is 6.54 Å². The van der Waals surface area contributed by atoms with Gasteiger partial charge >= 0.3 is 0 Å². The van der Waals surface area contributed by atoms with E-state index in [2.05, 4.69) is 10.3 Å². The van der Waals surface area contributed by atoms with Crippen molar-refractivity contribution in [1.29, 1.82) is 0 Å². The molecule has 3 aliphatic rings. The molecule has 2 amide bonds. The van der Waals surface area contributed by atoms with Crippen LogP contribution in [0.2, 0.25) is 5.02 Å². The SMILES string of the molecule is C[C@@H]1C[C@H](C(=O)N[C@@H](c2cc(F)c(Cl)cc2F)C2CC2)N(C(=O)c2cc(S(=O)(=O)C3CC3)ccn2)C1. The van der Waals surface area contributed by atoms with E-state index < -0.39 is 50.6 Å². The minimum atomic E-state index is -3.51. The number of nitrogens with zero attached hydrogens (tertiary/aromatic N) is 2. The first-order valence-electron chi connectivity index (χ1n) is 12.0. The first-order chi connectivity index (χ1) is 17.1. The minimum Gasteiger partial charge on any atom is -0.347 e. The number of likely N-dealkylation sites (tertiary alicyclic amines) is 1. The summed E-state index contributed by atoms with van der Waals surface area (Å²) < 4.78 is 54.0. The number of carbonyl (C=O) groups excluding carboxylic acids is 2. The van der Waals surface area contributed by atoms with Gasteiger partial charge in [-0.05, 0) is 68.2 Å². The van der Waals surface area contributed by atoms with Gasteiger partial charge in [-0.25, -0.2) is 17.2 Å². The minimum absolute atomic E-state index is 0.00664. The van der Waals surface area contributed by atoms with Gasteiger partial charge < -0.3 is 10.2 Å². The molecule has 1 aliphatic heterocycles. The second kappa shape index (κ2) is 9.37. The van der Waals surface area contributed by atoms with Crippen LogP contribution in [0.1, 0.15) is 61.1 Å². The number of nitrogens with one attached hydrogen (secondary N) is 1. The van der Waals surface area contributed by atoms with Gasteiger partial charge in [-0.1, -0.05) is 18.5 Å². The Bertz CT molecular complexity index is 1330. The van der Waals surface area contributed by atoms with Crippen molar-refractivity contribution in [3.63, 3.8) is 0 Å². The average Bonchev–Trinajstić information content (AvgIpc) is 3.76. The van der Waals surface area contributed by atoms with Crippen LogP contribution in [0.15, 0.2) is 35.4 Å². The fourth-order valence-corrected chi connectivity index (χ4v) is 6.67. The van der Waals surface area contributed by atoms with Crippen LogP contribution in [-0.4, -0.2) is 48.0 Å². The van der Waals surface area contributed by atoms with E-state index >= 15 is 0 Å². The van der Waals surface area contributed by atoms with Crippen molar-refractivity contribution in [2.24, 2.45) is 11.8 Å². The zero-order valence-electron chi connectivity index (χ0n) is 19.6. The molecule has 0 spiro atoms. The van der Waals surface area contributed by atoms with E-state index in [1.807, 2.05) is 6.92 Å². The van der Waals surface area contributed by atoms with E-state index in [1.54, 1.807) is 0 Å². The number of halogens is 3. The number of pyridine rings is 1. The highest BCUT2D eigenvalue weighted by atomic mass is 35.5. The van der Waals surface area contributed by atoms with E-state index in [1.165, 1.54) is 23.2 Å². The van der Waals surface area contributed by atoms with Crippen molar-refractivity contribution in [3.05, 3.63) is 58.4 Å². The number of hydrogen-bond acceptors (Lipinski definition) is 5. The first-order valence-corrected chi connectivity index (χ1v) is 13.9. The Hall–Kier alpha value is -2.59. The topological polar surface area (TPSA) is 96.4 Å². The maximum Gasteiger partial charge on any atom is 0.273 e. The number of sulfone groups is 1. The molecule has 2 aliphatic carbocycles. The first kappa shape index (κ1) is 25.1. The third-order valence-corrected chi connectivity index (χ3v) is 9.63. The van der Waals surface area contributed by atoms with Crippen LogP contribution in [-0.2, 0) is 14.6 Å². The van der Waals surface area contributed by atoms with Gasteiger partial charge in [0, 0.05) is 18.3 Å². The predicted octanol–water partition coefficient (Wildman–Crippen LogP) is 4.07. The average molecular weight is 538 g/mol. The van der Waals surface area contributed by atoms with Gasteiger partial charge in [-0.2, -0.15) is 0 Å². The van der Waals surface area contributed by atoms with E-state index in [0.29, 0.717) is 19.3 Å². The second-order valence-electron chi connectivity index (χ2n) is 10.0. The predicted molar refractivity (Wildman–Crippen MR) is 128 cm³/mol. The summed E-state index contributed by atoms with van der Waals surface area (Å²) in [6.45, 7) is 2.19. The molecule has 1 N–H and O–H groups in total. The van der Waals surface area contributed by atoms with Gasteiger partial charge in [-0.15, -0.1) is 0 Å². The van der Waals surface area contributed by atoms with Crippen molar-refractivity contribution in [3.8, 4) is 0 Å². The van der Waals surface area contributed by atoms with Crippen molar-refractivity contribution in [2.45, 2.75) is 61.3 Å². The molecule has 5 rings (SSSR count). The molecule has 2 heterocycles. The standard InChI is InChI=1S/C25H26ClF2N3O4S/c1-13-8-22(24(32)30-23(14-2-3-14)17-10-20(28)18(26)11-19(17)27)31(12-13)25(33)21-9-16(6-7-29-21)36(34,35)15-4-5-15/h6-7,9-11,13-15,22-23H,2-5,8,12H2,1H3,(H,30,32)/t13-,22-,23-/m1/s1. The summed E-state index contributed by atoms with van der Waals surface area (Å²) in [6, 6.07) is 2.96. The van der Waals surface area contributed by atoms with Crippen LogP contribution < -0.4 is 5.32 Å². The van der Waals surface area contributed by atoms with Crippen LogP contribution in [0.5, 0.6) is 0 Å². The number of carbonyl (C=O) groups is 2. The van der Waals surface area contributed by atoms with E-state index in [-0.39, 0.29) is 39.6 Å². The van der Waals surface area contributed by atoms with Crippen LogP contribution in [0.4, 0.5) is 8.78 Å².